The number of aliphatic hydroxyl groups is 2. The summed E-state index contributed by atoms with van der Waals surface area (Å²) in [4.78, 5) is 4.97. The summed E-state index contributed by atoms with van der Waals surface area (Å²) >= 11 is 0. The molecule has 1 heterocycles. The average Bonchev–Trinajstić information content (AvgIpc) is 3.25. The lowest BCUT2D eigenvalue weighted by molar-refractivity contribution is 0.0234. The van der Waals surface area contributed by atoms with Gasteiger partial charge in [0, 0.05) is 22.5 Å². The van der Waals surface area contributed by atoms with Gasteiger partial charge in [-0.3, -0.25) is 4.98 Å². The number of hydrogen-bond acceptors (Lipinski definition) is 3. The standard InChI is InChI=1S/C26H32FNO2/c1-16-22(25(30)19-9-7-17(15-27)8-10-19)23(18-5-2-3-6-18)24-20(28-16)13-26(11-4-12-26)14-21(24)29/h7-10,18,21,25,29-30H,2-6,11-15H2,1H3. The van der Waals surface area contributed by atoms with Gasteiger partial charge in [-0.25, -0.2) is 4.39 Å². The van der Waals surface area contributed by atoms with Gasteiger partial charge in [0.15, 0.2) is 0 Å². The third-order valence-electron chi connectivity index (χ3n) is 7.99. The van der Waals surface area contributed by atoms with Crippen LogP contribution in [0, 0.1) is 12.3 Å². The zero-order valence-electron chi connectivity index (χ0n) is 17.8. The molecule has 2 N–H and O–H groups in total. The Bertz CT molecular complexity index is 929. The first-order valence-corrected chi connectivity index (χ1v) is 11.6. The number of rotatable bonds is 4. The maximum atomic E-state index is 12.9. The first-order chi connectivity index (χ1) is 14.5. The van der Waals surface area contributed by atoms with Gasteiger partial charge in [-0.2, -0.15) is 0 Å². The number of aliphatic hydroxyl groups excluding tert-OH is 2. The SMILES string of the molecule is Cc1nc2c(c(C3CCCC3)c1C(O)c1ccc(CF)cc1)C(O)CC1(CCC1)C2. The lowest BCUT2D eigenvalue weighted by Gasteiger charge is -2.47. The lowest BCUT2D eigenvalue weighted by atomic mass is 9.59. The van der Waals surface area contributed by atoms with Crippen molar-refractivity contribution in [1.82, 2.24) is 4.98 Å². The quantitative estimate of drug-likeness (QED) is 0.676. The Kier molecular flexibility index (Phi) is 5.19. The van der Waals surface area contributed by atoms with Gasteiger partial charge in [0.05, 0.1) is 6.10 Å². The Hall–Kier alpha value is -1.78. The highest BCUT2D eigenvalue weighted by molar-refractivity contribution is 5.49. The van der Waals surface area contributed by atoms with E-state index in [1.165, 1.54) is 37.7 Å². The van der Waals surface area contributed by atoms with E-state index < -0.39 is 18.9 Å². The van der Waals surface area contributed by atoms with Crippen LogP contribution in [0.2, 0.25) is 0 Å². The zero-order valence-corrected chi connectivity index (χ0v) is 17.8. The van der Waals surface area contributed by atoms with Gasteiger partial charge in [-0.05, 0) is 73.5 Å². The smallest absolute Gasteiger partial charge is 0.115 e. The van der Waals surface area contributed by atoms with Crippen molar-refractivity contribution >= 4 is 0 Å². The molecule has 4 heteroatoms. The molecule has 0 radical (unpaired) electrons. The van der Waals surface area contributed by atoms with E-state index in [1.54, 1.807) is 12.1 Å². The van der Waals surface area contributed by atoms with Crippen LogP contribution in [0.5, 0.6) is 0 Å². The summed E-state index contributed by atoms with van der Waals surface area (Å²) in [5.41, 5.74) is 6.61. The van der Waals surface area contributed by atoms with E-state index in [2.05, 4.69) is 0 Å². The number of hydrogen-bond donors (Lipinski definition) is 2. The Labute approximate surface area is 178 Å². The number of halogens is 1. The van der Waals surface area contributed by atoms with Gasteiger partial charge in [-0.15, -0.1) is 0 Å². The molecule has 0 aliphatic heterocycles. The molecular formula is C26H32FNO2. The van der Waals surface area contributed by atoms with Crippen molar-refractivity contribution in [2.24, 2.45) is 5.41 Å². The molecule has 2 unspecified atom stereocenters. The molecule has 3 aliphatic carbocycles. The van der Waals surface area contributed by atoms with Gasteiger partial charge in [0.2, 0.25) is 0 Å². The fourth-order valence-electron chi connectivity index (χ4n) is 6.28. The molecule has 5 rings (SSSR count). The molecule has 160 valence electrons. The van der Waals surface area contributed by atoms with Crippen molar-refractivity contribution in [3.05, 3.63) is 63.5 Å². The first kappa shape index (κ1) is 20.1. The molecule has 0 bridgehead atoms. The van der Waals surface area contributed by atoms with Crippen molar-refractivity contribution in [2.75, 3.05) is 0 Å². The van der Waals surface area contributed by atoms with E-state index in [9.17, 15) is 14.6 Å². The average molecular weight is 410 g/mol. The molecule has 30 heavy (non-hydrogen) atoms. The minimum atomic E-state index is -0.807. The number of nitrogens with zero attached hydrogens (tertiary/aromatic N) is 1. The van der Waals surface area contributed by atoms with Gasteiger partial charge < -0.3 is 10.2 Å². The third kappa shape index (κ3) is 3.29. The fourth-order valence-corrected chi connectivity index (χ4v) is 6.28. The number of alkyl halides is 1. The van der Waals surface area contributed by atoms with Crippen LogP contribution in [0.15, 0.2) is 24.3 Å². The normalized spacial score (nSPS) is 23.9. The van der Waals surface area contributed by atoms with Crippen LogP contribution in [0.25, 0.3) is 0 Å². The fraction of sp³-hybridized carbons (Fsp3) is 0.577. The highest BCUT2D eigenvalue weighted by atomic mass is 19.1. The Morgan fingerprint density at radius 3 is 2.40 bits per heavy atom. The minimum absolute atomic E-state index is 0.237. The maximum Gasteiger partial charge on any atom is 0.115 e. The van der Waals surface area contributed by atoms with Gasteiger partial charge in [0.1, 0.15) is 12.8 Å². The molecule has 2 saturated carbocycles. The van der Waals surface area contributed by atoms with Gasteiger partial charge >= 0.3 is 0 Å². The van der Waals surface area contributed by atoms with E-state index >= 15 is 0 Å². The summed E-state index contributed by atoms with van der Waals surface area (Å²) in [6.45, 7) is 1.50. The topological polar surface area (TPSA) is 53.4 Å². The van der Waals surface area contributed by atoms with Crippen LogP contribution < -0.4 is 0 Å². The summed E-state index contributed by atoms with van der Waals surface area (Å²) in [6.07, 6.45) is 8.72. The van der Waals surface area contributed by atoms with E-state index in [0.717, 1.165) is 53.8 Å². The first-order valence-electron chi connectivity index (χ1n) is 11.6. The van der Waals surface area contributed by atoms with Gasteiger partial charge in [0.25, 0.3) is 0 Å². The van der Waals surface area contributed by atoms with E-state index in [4.69, 9.17) is 4.98 Å². The molecule has 1 aromatic carbocycles. The summed E-state index contributed by atoms with van der Waals surface area (Å²) in [6, 6.07) is 7.11. The van der Waals surface area contributed by atoms with Crippen molar-refractivity contribution in [1.29, 1.82) is 0 Å². The molecule has 2 atom stereocenters. The van der Waals surface area contributed by atoms with Crippen LogP contribution in [0.1, 0.15) is 109 Å². The van der Waals surface area contributed by atoms with Crippen LogP contribution in [0.3, 0.4) is 0 Å². The second-order valence-corrected chi connectivity index (χ2v) is 9.89. The lowest BCUT2D eigenvalue weighted by Crippen LogP contribution is -2.38. The zero-order chi connectivity index (χ0) is 20.9. The summed E-state index contributed by atoms with van der Waals surface area (Å²) in [5.74, 6) is 0.375. The molecule has 0 amide bonds. The van der Waals surface area contributed by atoms with Crippen LogP contribution >= 0.6 is 0 Å². The second kappa shape index (κ2) is 7.72. The summed E-state index contributed by atoms with van der Waals surface area (Å²) < 4.78 is 12.9. The number of pyridine rings is 1. The largest absolute Gasteiger partial charge is 0.388 e. The second-order valence-electron chi connectivity index (χ2n) is 9.89. The Balaban J connectivity index is 1.64. The van der Waals surface area contributed by atoms with Crippen LogP contribution in [-0.2, 0) is 13.1 Å². The number of aromatic nitrogens is 1. The number of fused-ring (bicyclic) bond motifs is 1. The van der Waals surface area contributed by atoms with E-state index in [-0.39, 0.29) is 5.41 Å². The third-order valence-corrected chi connectivity index (χ3v) is 7.99. The molecule has 0 saturated heterocycles. The monoisotopic (exact) mass is 409 g/mol. The van der Waals surface area contributed by atoms with Crippen molar-refractivity contribution in [2.45, 2.75) is 89.5 Å². The highest BCUT2D eigenvalue weighted by Crippen LogP contribution is 2.55. The Morgan fingerprint density at radius 1 is 1.10 bits per heavy atom. The molecular weight excluding hydrogens is 377 g/mol. The number of benzene rings is 1. The molecule has 3 nitrogen and oxygen atoms in total. The summed E-state index contributed by atoms with van der Waals surface area (Å²) in [7, 11) is 0. The molecule has 3 aliphatic rings. The molecule has 2 fully saturated rings. The number of aryl methyl sites for hydroxylation is 1. The molecule has 1 spiro atoms. The summed E-state index contributed by atoms with van der Waals surface area (Å²) in [5, 5.41) is 22.7. The van der Waals surface area contributed by atoms with Crippen molar-refractivity contribution in [3.63, 3.8) is 0 Å². The van der Waals surface area contributed by atoms with E-state index in [0.29, 0.717) is 11.5 Å². The molecule has 1 aromatic heterocycles. The van der Waals surface area contributed by atoms with Crippen molar-refractivity contribution in [3.8, 4) is 0 Å². The Morgan fingerprint density at radius 2 is 1.80 bits per heavy atom. The van der Waals surface area contributed by atoms with Crippen LogP contribution in [0.4, 0.5) is 4.39 Å². The van der Waals surface area contributed by atoms with E-state index in [1.807, 2.05) is 19.1 Å². The van der Waals surface area contributed by atoms with Crippen molar-refractivity contribution < 1.29 is 14.6 Å². The minimum Gasteiger partial charge on any atom is -0.388 e. The molecule has 2 aromatic rings. The predicted octanol–water partition coefficient (Wildman–Crippen LogP) is 5.75. The maximum absolute atomic E-state index is 12.9. The predicted molar refractivity (Wildman–Crippen MR) is 115 cm³/mol. The highest BCUT2D eigenvalue weighted by Gasteiger charge is 2.45. The van der Waals surface area contributed by atoms with Gasteiger partial charge in [-0.1, -0.05) is 43.5 Å². The van der Waals surface area contributed by atoms with Crippen LogP contribution in [-0.4, -0.2) is 15.2 Å².